The molecule has 5 heteroatoms. The molecular formula is C19H22Cl2N2O. The van der Waals surface area contributed by atoms with Gasteiger partial charge in [0.2, 0.25) is 0 Å². The number of nitrogens with one attached hydrogen (secondary N) is 1. The van der Waals surface area contributed by atoms with Crippen LogP contribution in [0.3, 0.4) is 0 Å². The number of rotatable bonds is 7. The molecule has 2 aromatic rings. The van der Waals surface area contributed by atoms with E-state index in [1.807, 2.05) is 18.2 Å². The maximum absolute atomic E-state index is 12.5. The molecule has 3 nitrogen and oxygen atoms in total. The van der Waals surface area contributed by atoms with Crippen LogP contribution in [-0.2, 0) is 0 Å². The summed E-state index contributed by atoms with van der Waals surface area (Å²) in [5.41, 5.74) is 1.62. The maximum Gasteiger partial charge on any atom is 0.252 e. The van der Waals surface area contributed by atoms with Crippen LogP contribution in [-0.4, -0.2) is 30.4 Å². The Labute approximate surface area is 153 Å². The number of amides is 1. The molecule has 0 radical (unpaired) electrons. The molecule has 0 aliphatic rings. The standard InChI is InChI=1S/C19H22Cl2N2O/c1-3-23(4-2)18(14-8-6-5-7-9-14)13-22-19(24)16-11-10-15(20)12-17(16)21/h5-12,18H,3-4,13H2,1-2H3,(H,22,24). The van der Waals surface area contributed by atoms with Gasteiger partial charge in [0.25, 0.3) is 5.91 Å². The van der Waals surface area contributed by atoms with Crippen LogP contribution in [0.15, 0.2) is 48.5 Å². The number of carbonyl (C=O) groups is 1. The van der Waals surface area contributed by atoms with E-state index < -0.39 is 0 Å². The molecule has 128 valence electrons. The van der Waals surface area contributed by atoms with Gasteiger partial charge in [0.15, 0.2) is 0 Å². The molecule has 0 saturated carbocycles. The van der Waals surface area contributed by atoms with Gasteiger partial charge in [0.1, 0.15) is 0 Å². The third-order valence-electron chi connectivity index (χ3n) is 4.07. The first kappa shape index (κ1) is 18.8. The Balaban J connectivity index is 2.14. The van der Waals surface area contributed by atoms with Crippen molar-refractivity contribution in [2.75, 3.05) is 19.6 Å². The molecule has 0 spiro atoms. The fourth-order valence-corrected chi connectivity index (χ4v) is 3.25. The average molecular weight is 365 g/mol. The fraction of sp³-hybridized carbons (Fsp3) is 0.316. The normalized spacial score (nSPS) is 12.2. The van der Waals surface area contributed by atoms with Gasteiger partial charge in [-0.15, -0.1) is 0 Å². The molecule has 1 amide bonds. The highest BCUT2D eigenvalue weighted by atomic mass is 35.5. The second-order valence-corrected chi connectivity index (χ2v) is 6.33. The van der Waals surface area contributed by atoms with E-state index in [1.165, 1.54) is 5.56 Å². The SMILES string of the molecule is CCN(CC)C(CNC(=O)c1ccc(Cl)cc1Cl)c1ccccc1. The summed E-state index contributed by atoms with van der Waals surface area (Å²) in [5, 5.41) is 3.87. The molecule has 1 unspecified atom stereocenters. The van der Waals surface area contributed by atoms with Crippen molar-refractivity contribution in [3.8, 4) is 0 Å². The molecule has 0 aliphatic heterocycles. The van der Waals surface area contributed by atoms with Gasteiger partial charge in [0, 0.05) is 11.6 Å². The third kappa shape index (κ3) is 4.73. The highest BCUT2D eigenvalue weighted by molar-refractivity contribution is 6.36. The summed E-state index contributed by atoms with van der Waals surface area (Å²) >= 11 is 12.0. The molecule has 0 aliphatic carbocycles. The van der Waals surface area contributed by atoms with Gasteiger partial charge in [0.05, 0.1) is 16.6 Å². The molecule has 24 heavy (non-hydrogen) atoms. The number of benzene rings is 2. The average Bonchev–Trinajstić information content (AvgIpc) is 2.59. The van der Waals surface area contributed by atoms with Gasteiger partial charge in [-0.3, -0.25) is 9.69 Å². The molecular weight excluding hydrogens is 343 g/mol. The van der Waals surface area contributed by atoms with E-state index in [0.717, 1.165) is 13.1 Å². The Bertz CT molecular complexity index is 672. The summed E-state index contributed by atoms with van der Waals surface area (Å²) < 4.78 is 0. The summed E-state index contributed by atoms with van der Waals surface area (Å²) in [5.74, 6) is -0.190. The monoisotopic (exact) mass is 364 g/mol. The Hall–Kier alpha value is -1.55. The highest BCUT2D eigenvalue weighted by Crippen LogP contribution is 2.22. The predicted octanol–water partition coefficient (Wildman–Crippen LogP) is 4.81. The number of hydrogen-bond donors (Lipinski definition) is 1. The molecule has 2 aromatic carbocycles. The number of likely N-dealkylation sites (N-methyl/N-ethyl adjacent to an activating group) is 1. The second-order valence-electron chi connectivity index (χ2n) is 5.48. The Morgan fingerprint density at radius 1 is 1.08 bits per heavy atom. The lowest BCUT2D eigenvalue weighted by Crippen LogP contribution is -2.38. The van der Waals surface area contributed by atoms with Crippen LogP contribution in [0, 0.1) is 0 Å². The van der Waals surface area contributed by atoms with Gasteiger partial charge >= 0.3 is 0 Å². The molecule has 0 saturated heterocycles. The molecule has 1 N–H and O–H groups in total. The van der Waals surface area contributed by atoms with Crippen molar-refractivity contribution in [1.29, 1.82) is 0 Å². The Morgan fingerprint density at radius 2 is 1.75 bits per heavy atom. The van der Waals surface area contributed by atoms with Crippen LogP contribution < -0.4 is 5.32 Å². The Morgan fingerprint density at radius 3 is 2.33 bits per heavy atom. The largest absolute Gasteiger partial charge is 0.350 e. The minimum atomic E-state index is -0.190. The Kier molecular flexibility index (Phi) is 7.10. The zero-order valence-electron chi connectivity index (χ0n) is 13.9. The van der Waals surface area contributed by atoms with Gasteiger partial charge in [-0.25, -0.2) is 0 Å². The highest BCUT2D eigenvalue weighted by Gasteiger charge is 2.19. The molecule has 0 bridgehead atoms. The second kappa shape index (κ2) is 9.07. The molecule has 0 heterocycles. The summed E-state index contributed by atoms with van der Waals surface area (Å²) in [6.07, 6.45) is 0. The maximum atomic E-state index is 12.5. The predicted molar refractivity (Wildman–Crippen MR) is 101 cm³/mol. The number of nitrogens with zero attached hydrogens (tertiary/aromatic N) is 1. The summed E-state index contributed by atoms with van der Waals surface area (Å²) in [4.78, 5) is 14.8. The number of hydrogen-bond acceptors (Lipinski definition) is 2. The van der Waals surface area contributed by atoms with E-state index in [0.29, 0.717) is 22.2 Å². The van der Waals surface area contributed by atoms with Gasteiger partial charge in [-0.05, 0) is 36.9 Å². The lowest BCUT2D eigenvalue weighted by atomic mass is 10.0. The first-order valence-corrected chi connectivity index (χ1v) is 8.84. The van der Waals surface area contributed by atoms with Gasteiger partial charge in [-0.2, -0.15) is 0 Å². The zero-order valence-corrected chi connectivity index (χ0v) is 15.4. The summed E-state index contributed by atoms with van der Waals surface area (Å²) in [6, 6.07) is 15.2. The van der Waals surface area contributed by atoms with E-state index >= 15 is 0 Å². The van der Waals surface area contributed by atoms with Crippen molar-refractivity contribution in [3.05, 3.63) is 69.7 Å². The van der Waals surface area contributed by atoms with E-state index in [4.69, 9.17) is 23.2 Å². The first-order chi connectivity index (χ1) is 11.6. The van der Waals surface area contributed by atoms with Gasteiger partial charge < -0.3 is 5.32 Å². The van der Waals surface area contributed by atoms with Crippen LogP contribution in [0.5, 0.6) is 0 Å². The van der Waals surface area contributed by atoms with Crippen LogP contribution in [0.25, 0.3) is 0 Å². The minimum absolute atomic E-state index is 0.122. The van der Waals surface area contributed by atoms with Crippen LogP contribution in [0.4, 0.5) is 0 Å². The molecule has 2 rings (SSSR count). The molecule has 1 atom stereocenters. The first-order valence-electron chi connectivity index (χ1n) is 8.09. The van der Waals surface area contributed by atoms with Crippen molar-refractivity contribution in [2.45, 2.75) is 19.9 Å². The third-order valence-corrected chi connectivity index (χ3v) is 4.62. The zero-order chi connectivity index (χ0) is 17.5. The van der Waals surface area contributed by atoms with E-state index in [9.17, 15) is 4.79 Å². The summed E-state index contributed by atoms with van der Waals surface area (Å²) in [6.45, 7) is 6.58. The lowest BCUT2D eigenvalue weighted by molar-refractivity contribution is 0.0935. The smallest absolute Gasteiger partial charge is 0.252 e. The van der Waals surface area contributed by atoms with Crippen molar-refractivity contribution >= 4 is 29.1 Å². The fourth-order valence-electron chi connectivity index (χ4n) is 2.76. The van der Waals surface area contributed by atoms with Crippen molar-refractivity contribution in [2.24, 2.45) is 0 Å². The van der Waals surface area contributed by atoms with Crippen molar-refractivity contribution < 1.29 is 4.79 Å². The van der Waals surface area contributed by atoms with E-state index in [2.05, 4.69) is 36.2 Å². The van der Waals surface area contributed by atoms with E-state index in [1.54, 1.807) is 18.2 Å². The number of halogens is 2. The van der Waals surface area contributed by atoms with E-state index in [-0.39, 0.29) is 11.9 Å². The topological polar surface area (TPSA) is 32.3 Å². The lowest BCUT2D eigenvalue weighted by Gasteiger charge is -2.30. The van der Waals surface area contributed by atoms with Crippen LogP contribution >= 0.6 is 23.2 Å². The van der Waals surface area contributed by atoms with Crippen LogP contribution in [0.1, 0.15) is 35.8 Å². The van der Waals surface area contributed by atoms with Crippen molar-refractivity contribution in [1.82, 2.24) is 10.2 Å². The number of carbonyl (C=O) groups excluding carboxylic acids is 1. The molecule has 0 fully saturated rings. The van der Waals surface area contributed by atoms with Crippen LogP contribution in [0.2, 0.25) is 10.0 Å². The molecule has 0 aromatic heterocycles. The van der Waals surface area contributed by atoms with Gasteiger partial charge in [-0.1, -0.05) is 67.4 Å². The quantitative estimate of drug-likeness (QED) is 0.764. The minimum Gasteiger partial charge on any atom is -0.350 e. The summed E-state index contributed by atoms with van der Waals surface area (Å²) in [7, 11) is 0. The van der Waals surface area contributed by atoms with Crippen molar-refractivity contribution in [3.63, 3.8) is 0 Å².